The Hall–Kier alpha value is -2.38. The third-order valence-electron chi connectivity index (χ3n) is 3.14. The van der Waals surface area contributed by atoms with Gasteiger partial charge < -0.3 is 21.7 Å². The zero-order valence-electron chi connectivity index (χ0n) is 13.4. The molecule has 0 aliphatic heterocycles. The van der Waals surface area contributed by atoms with Gasteiger partial charge in [0.25, 0.3) is 0 Å². The van der Waals surface area contributed by atoms with Crippen molar-refractivity contribution in [3.8, 4) is 0 Å². The van der Waals surface area contributed by atoms with Crippen LogP contribution in [0.15, 0.2) is 53.4 Å². The van der Waals surface area contributed by atoms with Crippen LogP contribution in [0.5, 0.6) is 0 Å². The molecule has 0 saturated heterocycles. The van der Waals surface area contributed by atoms with Crippen LogP contribution in [0.2, 0.25) is 5.02 Å². The highest BCUT2D eigenvalue weighted by Crippen LogP contribution is 2.19. The molecule has 132 valence electrons. The Kier molecular flexibility index (Phi) is 7.43. The number of carbonyl (C=O) groups is 2. The van der Waals surface area contributed by atoms with Crippen molar-refractivity contribution in [3.63, 3.8) is 0 Å². The molecular formula is C17H19ClN4O2S. The SMILES string of the molecule is NC(=O)Nc1ccc(CNC(=O)NCCSc2ccc(Cl)cc2)cc1. The van der Waals surface area contributed by atoms with Crippen molar-refractivity contribution >= 4 is 41.1 Å². The molecule has 8 heteroatoms. The quantitative estimate of drug-likeness (QED) is 0.439. The highest BCUT2D eigenvalue weighted by atomic mass is 35.5. The molecule has 0 radical (unpaired) electrons. The number of anilines is 1. The first kappa shape index (κ1) is 19.0. The molecule has 25 heavy (non-hydrogen) atoms. The fourth-order valence-corrected chi connectivity index (χ4v) is 2.85. The van der Waals surface area contributed by atoms with Crippen LogP contribution in [0.1, 0.15) is 5.56 Å². The lowest BCUT2D eigenvalue weighted by atomic mass is 10.2. The maximum atomic E-state index is 11.8. The molecule has 0 spiro atoms. The zero-order chi connectivity index (χ0) is 18.1. The van der Waals surface area contributed by atoms with Gasteiger partial charge in [0.15, 0.2) is 0 Å². The molecule has 0 aliphatic rings. The van der Waals surface area contributed by atoms with Crippen LogP contribution >= 0.6 is 23.4 Å². The molecular weight excluding hydrogens is 360 g/mol. The summed E-state index contributed by atoms with van der Waals surface area (Å²) in [5.74, 6) is 0.766. The minimum Gasteiger partial charge on any atom is -0.351 e. The lowest BCUT2D eigenvalue weighted by molar-refractivity contribution is 0.241. The van der Waals surface area contributed by atoms with E-state index in [9.17, 15) is 9.59 Å². The number of hydrogen-bond donors (Lipinski definition) is 4. The normalized spacial score (nSPS) is 10.1. The highest BCUT2D eigenvalue weighted by Gasteiger charge is 2.02. The summed E-state index contributed by atoms with van der Waals surface area (Å²) in [6, 6.07) is 13.8. The molecule has 0 aromatic heterocycles. The van der Waals surface area contributed by atoms with E-state index in [1.165, 1.54) is 0 Å². The Morgan fingerprint density at radius 3 is 2.32 bits per heavy atom. The number of nitrogens with one attached hydrogen (secondary N) is 3. The molecule has 0 unspecified atom stereocenters. The van der Waals surface area contributed by atoms with Gasteiger partial charge in [-0.1, -0.05) is 23.7 Å². The third-order valence-corrected chi connectivity index (χ3v) is 4.41. The van der Waals surface area contributed by atoms with Crippen molar-refractivity contribution in [3.05, 3.63) is 59.1 Å². The Morgan fingerprint density at radius 1 is 1.00 bits per heavy atom. The maximum Gasteiger partial charge on any atom is 0.316 e. The fraction of sp³-hybridized carbons (Fsp3) is 0.176. The predicted octanol–water partition coefficient (Wildman–Crippen LogP) is 3.42. The number of amides is 4. The molecule has 0 atom stereocenters. The molecule has 0 saturated carbocycles. The van der Waals surface area contributed by atoms with Gasteiger partial charge in [0, 0.05) is 34.4 Å². The third kappa shape index (κ3) is 7.36. The van der Waals surface area contributed by atoms with Crippen molar-refractivity contribution in [2.75, 3.05) is 17.6 Å². The van der Waals surface area contributed by atoms with Crippen LogP contribution in [0.25, 0.3) is 0 Å². The maximum absolute atomic E-state index is 11.8. The zero-order valence-corrected chi connectivity index (χ0v) is 15.0. The van der Waals surface area contributed by atoms with Crippen molar-refractivity contribution < 1.29 is 9.59 Å². The molecule has 4 amide bonds. The first-order chi connectivity index (χ1) is 12.0. The van der Waals surface area contributed by atoms with E-state index in [-0.39, 0.29) is 6.03 Å². The molecule has 6 nitrogen and oxygen atoms in total. The second kappa shape index (κ2) is 9.80. The summed E-state index contributed by atoms with van der Waals surface area (Å²) < 4.78 is 0. The van der Waals surface area contributed by atoms with Crippen LogP contribution in [0.3, 0.4) is 0 Å². The molecule has 5 N–H and O–H groups in total. The van der Waals surface area contributed by atoms with Gasteiger partial charge >= 0.3 is 12.1 Å². The van der Waals surface area contributed by atoms with Gasteiger partial charge in [-0.25, -0.2) is 9.59 Å². The summed E-state index contributed by atoms with van der Waals surface area (Å²) in [4.78, 5) is 23.6. The molecule has 2 aromatic carbocycles. The number of halogens is 1. The smallest absolute Gasteiger partial charge is 0.316 e. The molecule has 0 aliphatic carbocycles. The van der Waals surface area contributed by atoms with Gasteiger partial charge in [0.2, 0.25) is 0 Å². The summed E-state index contributed by atoms with van der Waals surface area (Å²) in [5, 5.41) is 8.76. The summed E-state index contributed by atoms with van der Waals surface area (Å²) in [5.41, 5.74) is 6.57. The summed E-state index contributed by atoms with van der Waals surface area (Å²) in [6.45, 7) is 0.952. The Bertz CT molecular complexity index is 708. The molecule has 2 rings (SSSR count). The summed E-state index contributed by atoms with van der Waals surface area (Å²) >= 11 is 7.48. The van der Waals surface area contributed by atoms with Gasteiger partial charge in [-0.3, -0.25) is 0 Å². The van der Waals surface area contributed by atoms with Gasteiger partial charge in [0.1, 0.15) is 0 Å². The van der Waals surface area contributed by atoms with Crippen LogP contribution in [-0.2, 0) is 6.54 Å². The van der Waals surface area contributed by atoms with Crippen molar-refractivity contribution in [1.82, 2.24) is 10.6 Å². The Balaban J connectivity index is 1.63. The van der Waals surface area contributed by atoms with Crippen LogP contribution in [0, 0.1) is 0 Å². The lowest BCUT2D eigenvalue weighted by Gasteiger charge is -2.08. The van der Waals surface area contributed by atoms with Crippen LogP contribution in [0.4, 0.5) is 15.3 Å². The minimum absolute atomic E-state index is 0.226. The number of carbonyl (C=O) groups excluding carboxylic acids is 2. The number of nitrogens with two attached hydrogens (primary N) is 1. The van der Waals surface area contributed by atoms with Gasteiger partial charge in [-0.05, 0) is 42.0 Å². The van der Waals surface area contributed by atoms with E-state index in [1.807, 2.05) is 36.4 Å². The lowest BCUT2D eigenvalue weighted by Crippen LogP contribution is -2.36. The minimum atomic E-state index is -0.610. The molecule has 0 heterocycles. The van der Waals surface area contributed by atoms with Gasteiger partial charge in [0.05, 0.1) is 0 Å². The first-order valence-corrected chi connectivity index (χ1v) is 8.95. The number of benzene rings is 2. The van der Waals surface area contributed by atoms with Crippen molar-refractivity contribution in [2.45, 2.75) is 11.4 Å². The number of urea groups is 2. The van der Waals surface area contributed by atoms with E-state index in [2.05, 4.69) is 16.0 Å². The van der Waals surface area contributed by atoms with Crippen molar-refractivity contribution in [2.24, 2.45) is 5.73 Å². The number of primary amides is 1. The van der Waals surface area contributed by atoms with E-state index < -0.39 is 6.03 Å². The molecule has 0 fully saturated rings. The number of rotatable bonds is 7. The van der Waals surface area contributed by atoms with E-state index in [0.29, 0.717) is 23.8 Å². The monoisotopic (exact) mass is 378 g/mol. The van der Waals surface area contributed by atoms with E-state index in [0.717, 1.165) is 16.2 Å². The van der Waals surface area contributed by atoms with E-state index >= 15 is 0 Å². The fourth-order valence-electron chi connectivity index (χ4n) is 1.96. The number of hydrogen-bond acceptors (Lipinski definition) is 3. The standard InChI is InChI=1S/C17H19ClN4O2S/c18-13-3-7-15(8-4-13)25-10-9-20-17(24)21-11-12-1-5-14(6-2-12)22-16(19)23/h1-8H,9-11H2,(H3,19,22,23)(H2,20,21,24). The largest absolute Gasteiger partial charge is 0.351 e. The Morgan fingerprint density at radius 2 is 1.68 bits per heavy atom. The van der Waals surface area contributed by atoms with Gasteiger partial charge in [-0.15, -0.1) is 11.8 Å². The van der Waals surface area contributed by atoms with Crippen LogP contribution < -0.4 is 21.7 Å². The second-order valence-electron chi connectivity index (χ2n) is 5.10. The van der Waals surface area contributed by atoms with Gasteiger partial charge in [-0.2, -0.15) is 0 Å². The second-order valence-corrected chi connectivity index (χ2v) is 6.70. The molecule has 2 aromatic rings. The van der Waals surface area contributed by atoms with E-state index in [1.54, 1.807) is 23.9 Å². The van der Waals surface area contributed by atoms with Crippen molar-refractivity contribution in [1.29, 1.82) is 0 Å². The summed E-state index contributed by atoms with van der Waals surface area (Å²) in [6.07, 6.45) is 0. The molecule has 0 bridgehead atoms. The average Bonchev–Trinajstić information content (AvgIpc) is 2.59. The topological polar surface area (TPSA) is 96.2 Å². The highest BCUT2D eigenvalue weighted by molar-refractivity contribution is 7.99. The first-order valence-electron chi connectivity index (χ1n) is 7.58. The predicted molar refractivity (Wildman–Crippen MR) is 102 cm³/mol. The van der Waals surface area contributed by atoms with Crippen LogP contribution in [-0.4, -0.2) is 24.4 Å². The number of thioether (sulfide) groups is 1. The summed E-state index contributed by atoms with van der Waals surface area (Å²) in [7, 11) is 0. The van der Waals surface area contributed by atoms with E-state index in [4.69, 9.17) is 17.3 Å². The average molecular weight is 379 g/mol. The Labute approximate surface area is 155 Å².